The summed E-state index contributed by atoms with van der Waals surface area (Å²) >= 11 is 0. The van der Waals surface area contributed by atoms with Crippen molar-refractivity contribution in [1.29, 1.82) is 0 Å². The summed E-state index contributed by atoms with van der Waals surface area (Å²) in [4.78, 5) is 20.5. The van der Waals surface area contributed by atoms with E-state index in [1.807, 2.05) is 20.8 Å². The van der Waals surface area contributed by atoms with E-state index in [0.717, 1.165) is 18.7 Å². The zero-order valence-corrected chi connectivity index (χ0v) is 16.4. The molecule has 0 saturated heterocycles. The van der Waals surface area contributed by atoms with Crippen LogP contribution >= 0.6 is 0 Å². The molecule has 142 valence electrons. The predicted molar refractivity (Wildman–Crippen MR) is 101 cm³/mol. The summed E-state index contributed by atoms with van der Waals surface area (Å²) in [6.07, 6.45) is 3.09. The van der Waals surface area contributed by atoms with Crippen LogP contribution in [0.15, 0.2) is 15.6 Å². The Balaban J connectivity index is 2.51. The summed E-state index contributed by atoms with van der Waals surface area (Å²) in [5, 5.41) is 9.26. The Labute approximate surface area is 151 Å². The van der Waals surface area contributed by atoms with E-state index in [2.05, 4.69) is 46.7 Å². The van der Waals surface area contributed by atoms with Crippen LogP contribution in [0.2, 0.25) is 0 Å². The largest absolute Gasteiger partial charge is 0.443 e. The summed E-state index contributed by atoms with van der Waals surface area (Å²) in [6, 6.07) is 0.205. The van der Waals surface area contributed by atoms with Crippen molar-refractivity contribution >= 4 is 11.9 Å². The second-order valence-electron chi connectivity index (χ2n) is 7.12. The highest BCUT2D eigenvalue weighted by atomic mass is 16.4. The van der Waals surface area contributed by atoms with E-state index >= 15 is 0 Å². The molecule has 25 heavy (non-hydrogen) atoms. The van der Waals surface area contributed by atoms with E-state index in [4.69, 9.17) is 4.42 Å². The van der Waals surface area contributed by atoms with Gasteiger partial charge in [-0.1, -0.05) is 27.7 Å². The molecule has 1 unspecified atom stereocenters. The lowest BCUT2D eigenvalue weighted by Gasteiger charge is -2.13. The Bertz CT molecular complexity index is 560. The summed E-state index contributed by atoms with van der Waals surface area (Å²) in [5.41, 5.74) is -0.0687. The first-order valence-corrected chi connectivity index (χ1v) is 9.03. The van der Waals surface area contributed by atoms with Crippen molar-refractivity contribution < 1.29 is 9.21 Å². The number of aromatic nitrogens is 1. The van der Waals surface area contributed by atoms with Crippen molar-refractivity contribution in [3.8, 4) is 0 Å². The highest BCUT2D eigenvalue weighted by molar-refractivity contribution is 5.81. The van der Waals surface area contributed by atoms with Gasteiger partial charge in [0.25, 0.3) is 0 Å². The quantitative estimate of drug-likeness (QED) is 0.494. The zero-order valence-electron chi connectivity index (χ0n) is 16.4. The van der Waals surface area contributed by atoms with Gasteiger partial charge >= 0.3 is 0 Å². The van der Waals surface area contributed by atoms with Crippen LogP contribution in [0.4, 0.5) is 0 Å². The summed E-state index contributed by atoms with van der Waals surface area (Å²) in [6.45, 7) is 13.9. The Morgan fingerprint density at radius 3 is 2.60 bits per heavy atom. The van der Waals surface area contributed by atoms with Crippen molar-refractivity contribution in [3.05, 3.63) is 17.8 Å². The molecule has 7 nitrogen and oxygen atoms in total. The number of guanidine groups is 1. The molecular formula is C18H33N5O2. The van der Waals surface area contributed by atoms with Crippen LogP contribution in [-0.4, -0.2) is 36.0 Å². The number of carbonyl (C=O) groups is 1. The van der Waals surface area contributed by atoms with Crippen LogP contribution in [0.5, 0.6) is 0 Å². The van der Waals surface area contributed by atoms with E-state index in [1.54, 1.807) is 6.20 Å². The fraction of sp³-hybridized carbons (Fsp3) is 0.722. The molecule has 0 aliphatic rings. The molecule has 7 heteroatoms. The Morgan fingerprint density at radius 1 is 1.32 bits per heavy atom. The minimum Gasteiger partial charge on any atom is -0.443 e. The number of aliphatic imine (C=N–C) groups is 1. The van der Waals surface area contributed by atoms with Crippen LogP contribution in [0.1, 0.15) is 66.0 Å². The highest BCUT2D eigenvalue weighted by Gasteiger charge is 2.19. The molecule has 1 aromatic rings. The number of hydrogen-bond acceptors (Lipinski definition) is 4. The maximum absolute atomic E-state index is 11.8. The van der Waals surface area contributed by atoms with Crippen molar-refractivity contribution in [2.24, 2.45) is 4.99 Å². The highest BCUT2D eigenvalue weighted by Crippen LogP contribution is 2.22. The smallest absolute Gasteiger partial charge is 0.221 e. The van der Waals surface area contributed by atoms with Crippen LogP contribution in [0.25, 0.3) is 0 Å². The van der Waals surface area contributed by atoms with E-state index < -0.39 is 0 Å². The van der Waals surface area contributed by atoms with Gasteiger partial charge in [-0.05, 0) is 20.3 Å². The molecule has 1 atom stereocenters. The van der Waals surface area contributed by atoms with Gasteiger partial charge < -0.3 is 20.4 Å². The minimum atomic E-state index is -0.0687. The van der Waals surface area contributed by atoms with Crippen LogP contribution in [0.3, 0.4) is 0 Å². The first-order valence-electron chi connectivity index (χ1n) is 9.03. The number of amides is 1. The van der Waals surface area contributed by atoms with Gasteiger partial charge in [0.1, 0.15) is 12.3 Å². The number of nitrogens with zero attached hydrogens (tertiary/aromatic N) is 2. The maximum Gasteiger partial charge on any atom is 0.221 e. The van der Waals surface area contributed by atoms with Crippen molar-refractivity contribution in [2.45, 2.75) is 72.4 Å². The fourth-order valence-electron chi connectivity index (χ4n) is 1.96. The fourth-order valence-corrected chi connectivity index (χ4v) is 1.96. The van der Waals surface area contributed by atoms with Gasteiger partial charge in [0, 0.05) is 31.0 Å². The summed E-state index contributed by atoms with van der Waals surface area (Å²) < 4.78 is 5.74. The zero-order chi connectivity index (χ0) is 18.9. The summed E-state index contributed by atoms with van der Waals surface area (Å²) in [7, 11) is 0. The molecule has 0 aromatic carbocycles. The first-order chi connectivity index (χ1) is 11.8. The number of carbonyl (C=O) groups excluding carboxylic acids is 1. The van der Waals surface area contributed by atoms with Crippen LogP contribution in [0, 0.1) is 0 Å². The second kappa shape index (κ2) is 10.1. The average molecular weight is 351 g/mol. The van der Waals surface area contributed by atoms with Gasteiger partial charge in [0.05, 0.1) is 6.20 Å². The standard InChI is InChI=1S/C18H33N5O2/c1-7-13(3)23-15(24)9-10-20-17(19-8-2)22-12-16-21-11-14(25-16)18(4,5)6/h11,13H,7-10,12H2,1-6H3,(H,23,24)(H2,19,20,22). The molecular weight excluding hydrogens is 318 g/mol. The molecule has 1 amide bonds. The minimum absolute atomic E-state index is 0.0419. The maximum atomic E-state index is 11.8. The third-order valence-electron chi connectivity index (χ3n) is 3.67. The second-order valence-corrected chi connectivity index (χ2v) is 7.12. The van der Waals surface area contributed by atoms with Gasteiger partial charge in [-0.15, -0.1) is 0 Å². The van der Waals surface area contributed by atoms with Gasteiger partial charge in [-0.2, -0.15) is 0 Å². The van der Waals surface area contributed by atoms with Gasteiger partial charge in [-0.25, -0.2) is 9.98 Å². The molecule has 0 saturated carbocycles. The SMILES string of the molecule is CCNC(=NCc1ncc(C(C)(C)C)o1)NCCC(=O)NC(C)CC. The molecule has 0 fully saturated rings. The van der Waals surface area contributed by atoms with E-state index in [1.165, 1.54) is 0 Å². The Morgan fingerprint density at radius 2 is 2.04 bits per heavy atom. The lowest BCUT2D eigenvalue weighted by atomic mass is 9.94. The summed E-state index contributed by atoms with van der Waals surface area (Å²) in [5.74, 6) is 2.11. The number of nitrogens with one attached hydrogen (secondary N) is 3. The van der Waals surface area contributed by atoms with Crippen molar-refractivity contribution in [2.75, 3.05) is 13.1 Å². The van der Waals surface area contributed by atoms with E-state index in [0.29, 0.717) is 31.4 Å². The lowest BCUT2D eigenvalue weighted by molar-refractivity contribution is -0.121. The molecule has 1 aromatic heterocycles. The third-order valence-corrected chi connectivity index (χ3v) is 3.67. The van der Waals surface area contributed by atoms with Gasteiger partial charge in [-0.3, -0.25) is 4.79 Å². The van der Waals surface area contributed by atoms with E-state index in [9.17, 15) is 4.79 Å². The van der Waals surface area contributed by atoms with Crippen molar-refractivity contribution in [1.82, 2.24) is 20.9 Å². The molecule has 0 spiro atoms. The first kappa shape index (κ1) is 21.0. The van der Waals surface area contributed by atoms with Crippen LogP contribution in [-0.2, 0) is 16.8 Å². The monoisotopic (exact) mass is 351 g/mol. The lowest BCUT2D eigenvalue weighted by Crippen LogP contribution is -2.40. The Hall–Kier alpha value is -2.05. The third kappa shape index (κ3) is 8.05. The molecule has 1 rings (SSSR count). The van der Waals surface area contributed by atoms with Gasteiger partial charge in [0.2, 0.25) is 11.8 Å². The number of oxazole rings is 1. The van der Waals surface area contributed by atoms with Crippen LogP contribution < -0.4 is 16.0 Å². The predicted octanol–water partition coefficient (Wildman–Crippen LogP) is 2.33. The molecule has 1 heterocycles. The van der Waals surface area contributed by atoms with E-state index in [-0.39, 0.29) is 17.4 Å². The normalized spacial score (nSPS) is 13.4. The number of rotatable bonds is 8. The molecule has 0 aliphatic heterocycles. The number of hydrogen-bond donors (Lipinski definition) is 3. The molecule has 3 N–H and O–H groups in total. The molecule has 0 aliphatic carbocycles. The topological polar surface area (TPSA) is 91.6 Å². The van der Waals surface area contributed by atoms with Gasteiger partial charge in [0.15, 0.2) is 5.96 Å². The average Bonchev–Trinajstić information content (AvgIpc) is 3.01. The molecule has 0 bridgehead atoms. The molecule has 0 radical (unpaired) electrons. The Kier molecular flexibility index (Phi) is 8.45. The van der Waals surface area contributed by atoms with Crippen molar-refractivity contribution in [3.63, 3.8) is 0 Å².